The molecule has 2 rings (SSSR count). The number of hydrogen-bond acceptors (Lipinski definition) is 2. The molecule has 0 aromatic rings. The van der Waals surface area contributed by atoms with E-state index in [2.05, 4.69) is 4.90 Å². The zero-order valence-corrected chi connectivity index (χ0v) is 7.20. The first kappa shape index (κ1) is 8.05. The van der Waals surface area contributed by atoms with E-state index in [0.29, 0.717) is 12.5 Å². The van der Waals surface area contributed by atoms with E-state index in [1.54, 1.807) is 0 Å². The standard InChI is InChI=1S/C9H15NO2/c11-9(12)3-4-10-6-7-1-2-8(10)5-7/h7-8H,1-6H2,(H,11,12)/t7-,8-/m0/s1. The van der Waals surface area contributed by atoms with Crippen molar-refractivity contribution in [3.05, 3.63) is 0 Å². The van der Waals surface area contributed by atoms with E-state index in [0.717, 1.165) is 19.0 Å². The van der Waals surface area contributed by atoms with E-state index in [1.165, 1.54) is 19.3 Å². The van der Waals surface area contributed by atoms with Crippen LogP contribution in [0.4, 0.5) is 0 Å². The quantitative estimate of drug-likeness (QED) is 0.683. The molecule has 0 aromatic carbocycles. The topological polar surface area (TPSA) is 40.5 Å². The average Bonchev–Trinajstić information content (AvgIpc) is 2.60. The van der Waals surface area contributed by atoms with Crippen molar-refractivity contribution in [3.63, 3.8) is 0 Å². The summed E-state index contributed by atoms with van der Waals surface area (Å²) >= 11 is 0. The van der Waals surface area contributed by atoms with Gasteiger partial charge in [-0.15, -0.1) is 0 Å². The smallest absolute Gasteiger partial charge is 0.304 e. The van der Waals surface area contributed by atoms with Crippen LogP contribution >= 0.6 is 0 Å². The van der Waals surface area contributed by atoms with Crippen LogP contribution in [0.5, 0.6) is 0 Å². The maximum atomic E-state index is 10.3. The third-order valence-corrected chi connectivity index (χ3v) is 3.14. The molecule has 0 amide bonds. The highest BCUT2D eigenvalue weighted by atomic mass is 16.4. The van der Waals surface area contributed by atoms with Crippen LogP contribution in [0.25, 0.3) is 0 Å². The summed E-state index contributed by atoms with van der Waals surface area (Å²) in [5.74, 6) is 0.210. The fourth-order valence-corrected chi connectivity index (χ4v) is 2.54. The van der Waals surface area contributed by atoms with Crippen molar-refractivity contribution in [1.29, 1.82) is 0 Å². The minimum absolute atomic E-state index is 0.309. The minimum Gasteiger partial charge on any atom is -0.481 e. The summed E-state index contributed by atoms with van der Waals surface area (Å²) in [6.45, 7) is 1.91. The molecule has 1 N–H and O–H groups in total. The molecule has 0 unspecified atom stereocenters. The van der Waals surface area contributed by atoms with Gasteiger partial charge in [0, 0.05) is 19.1 Å². The summed E-state index contributed by atoms with van der Waals surface area (Å²) in [6.07, 6.45) is 4.29. The van der Waals surface area contributed by atoms with E-state index in [4.69, 9.17) is 5.11 Å². The lowest BCUT2D eigenvalue weighted by Gasteiger charge is -2.25. The number of fused-ring (bicyclic) bond motifs is 2. The number of carbonyl (C=O) groups is 1. The molecule has 1 heterocycles. The molecule has 12 heavy (non-hydrogen) atoms. The fourth-order valence-electron chi connectivity index (χ4n) is 2.54. The van der Waals surface area contributed by atoms with Crippen LogP contribution in [0.1, 0.15) is 25.7 Å². The predicted molar refractivity (Wildman–Crippen MR) is 45.0 cm³/mol. The van der Waals surface area contributed by atoms with Crippen molar-refractivity contribution >= 4 is 5.97 Å². The lowest BCUT2D eigenvalue weighted by atomic mass is 10.1. The number of rotatable bonds is 3. The van der Waals surface area contributed by atoms with E-state index in [9.17, 15) is 4.79 Å². The number of carboxylic acid groups (broad SMARTS) is 1. The highest BCUT2D eigenvalue weighted by Crippen LogP contribution is 2.37. The maximum absolute atomic E-state index is 10.3. The number of carboxylic acids is 1. The van der Waals surface area contributed by atoms with Gasteiger partial charge in [-0.1, -0.05) is 0 Å². The molecule has 3 nitrogen and oxygen atoms in total. The van der Waals surface area contributed by atoms with Gasteiger partial charge in [0.05, 0.1) is 6.42 Å². The van der Waals surface area contributed by atoms with Crippen LogP contribution in [0.3, 0.4) is 0 Å². The molecular formula is C9H15NO2. The molecule has 0 spiro atoms. The molecule has 0 aromatic heterocycles. The van der Waals surface area contributed by atoms with Crippen LogP contribution in [0, 0.1) is 5.92 Å². The van der Waals surface area contributed by atoms with Crippen LogP contribution in [-0.4, -0.2) is 35.1 Å². The van der Waals surface area contributed by atoms with Gasteiger partial charge in [0.2, 0.25) is 0 Å². The number of piperidine rings is 1. The Bertz CT molecular complexity index is 193. The first-order valence-corrected chi connectivity index (χ1v) is 4.71. The van der Waals surface area contributed by atoms with Crippen molar-refractivity contribution in [1.82, 2.24) is 4.90 Å². The summed E-state index contributed by atoms with van der Waals surface area (Å²) < 4.78 is 0. The second kappa shape index (κ2) is 3.05. The van der Waals surface area contributed by atoms with Crippen LogP contribution in [0.15, 0.2) is 0 Å². The van der Waals surface area contributed by atoms with Gasteiger partial charge in [-0.05, 0) is 25.2 Å². The first-order chi connectivity index (χ1) is 5.75. The van der Waals surface area contributed by atoms with Crippen molar-refractivity contribution in [3.8, 4) is 0 Å². The van der Waals surface area contributed by atoms with Gasteiger partial charge in [0.25, 0.3) is 0 Å². The van der Waals surface area contributed by atoms with Crippen LogP contribution < -0.4 is 0 Å². The van der Waals surface area contributed by atoms with E-state index in [1.807, 2.05) is 0 Å². The van der Waals surface area contributed by atoms with Crippen molar-refractivity contribution in [2.45, 2.75) is 31.7 Å². The van der Waals surface area contributed by atoms with Crippen LogP contribution in [-0.2, 0) is 4.79 Å². The average molecular weight is 169 g/mol. The Morgan fingerprint density at radius 2 is 2.33 bits per heavy atom. The number of aliphatic carboxylic acids is 1. The van der Waals surface area contributed by atoms with Gasteiger partial charge < -0.3 is 5.11 Å². The van der Waals surface area contributed by atoms with Crippen LogP contribution in [0.2, 0.25) is 0 Å². The Balaban J connectivity index is 1.79. The van der Waals surface area contributed by atoms with Gasteiger partial charge in [-0.3, -0.25) is 9.69 Å². The van der Waals surface area contributed by atoms with Gasteiger partial charge in [0.15, 0.2) is 0 Å². The normalized spacial score (nSPS) is 34.3. The molecular weight excluding hydrogens is 154 g/mol. The molecule has 2 fully saturated rings. The Morgan fingerprint density at radius 1 is 1.50 bits per heavy atom. The Hall–Kier alpha value is -0.570. The molecule has 1 saturated heterocycles. The Labute approximate surface area is 72.4 Å². The van der Waals surface area contributed by atoms with E-state index in [-0.39, 0.29) is 0 Å². The molecule has 0 radical (unpaired) electrons. The zero-order chi connectivity index (χ0) is 8.55. The van der Waals surface area contributed by atoms with Gasteiger partial charge in [-0.2, -0.15) is 0 Å². The minimum atomic E-state index is -0.669. The van der Waals surface area contributed by atoms with Gasteiger partial charge >= 0.3 is 5.97 Å². The van der Waals surface area contributed by atoms with E-state index >= 15 is 0 Å². The summed E-state index contributed by atoms with van der Waals surface area (Å²) in [7, 11) is 0. The van der Waals surface area contributed by atoms with Crippen molar-refractivity contribution in [2.75, 3.05) is 13.1 Å². The van der Waals surface area contributed by atoms with Crippen molar-refractivity contribution in [2.24, 2.45) is 5.92 Å². The van der Waals surface area contributed by atoms with E-state index < -0.39 is 5.97 Å². The molecule has 2 atom stereocenters. The summed E-state index contributed by atoms with van der Waals surface area (Å²) in [5, 5.41) is 8.52. The monoisotopic (exact) mass is 169 g/mol. The third kappa shape index (κ3) is 1.46. The van der Waals surface area contributed by atoms with Gasteiger partial charge in [0.1, 0.15) is 0 Å². The lowest BCUT2D eigenvalue weighted by Crippen LogP contribution is -2.33. The van der Waals surface area contributed by atoms with Gasteiger partial charge in [-0.25, -0.2) is 0 Å². The first-order valence-electron chi connectivity index (χ1n) is 4.71. The number of hydrogen-bond donors (Lipinski definition) is 1. The molecule has 1 aliphatic heterocycles. The molecule has 68 valence electrons. The maximum Gasteiger partial charge on any atom is 0.304 e. The predicted octanol–water partition coefficient (Wildman–Crippen LogP) is 0.945. The largest absolute Gasteiger partial charge is 0.481 e. The fraction of sp³-hybridized carbons (Fsp3) is 0.889. The number of nitrogens with zero attached hydrogens (tertiary/aromatic N) is 1. The molecule has 1 aliphatic carbocycles. The second-order valence-electron chi connectivity index (χ2n) is 3.97. The summed E-state index contributed by atoms with van der Waals surface area (Å²) in [5.41, 5.74) is 0. The lowest BCUT2D eigenvalue weighted by molar-refractivity contribution is -0.137. The number of likely N-dealkylation sites (tertiary alicyclic amines) is 1. The SMILES string of the molecule is O=C(O)CCN1C[C@H]2CC[C@H]1C2. The zero-order valence-electron chi connectivity index (χ0n) is 7.20. The Morgan fingerprint density at radius 3 is 2.83 bits per heavy atom. The molecule has 3 heteroatoms. The van der Waals surface area contributed by atoms with Crippen molar-refractivity contribution < 1.29 is 9.90 Å². The molecule has 2 bridgehead atoms. The molecule has 1 saturated carbocycles. The highest BCUT2D eigenvalue weighted by molar-refractivity contribution is 5.66. The third-order valence-electron chi connectivity index (χ3n) is 3.14. The Kier molecular flexibility index (Phi) is 2.05. The summed E-state index contributed by atoms with van der Waals surface area (Å²) in [4.78, 5) is 12.7. The molecule has 2 aliphatic rings. The highest BCUT2D eigenvalue weighted by Gasteiger charge is 2.37. The second-order valence-corrected chi connectivity index (χ2v) is 3.97. The summed E-state index contributed by atoms with van der Waals surface area (Å²) in [6, 6.07) is 0.717.